The van der Waals surface area contributed by atoms with Crippen LogP contribution in [0.25, 0.3) is 10.9 Å². The molecule has 22 heavy (non-hydrogen) atoms. The second kappa shape index (κ2) is 6.11. The van der Waals surface area contributed by atoms with Crippen molar-refractivity contribution in [1.82, 2.24) is 4.98 Å². The van der Waals surface area contributed by atoms with Crippen LogP contribution >= 0.6 is 23.2 Å². The highest BCUT2D eigenvalue weighted by molar-refractivity contribution is 6.42. The van der Waals surface area contributed by atoms with Crippen molar-refractivity contribution in [1.29, 1.82) is 0 Å². The molecule has 0 saturated carbocycles. The number of aromatic nitrogens is 1. The molecule has 3 rings (SSSR count). The Kier molecular flexibility index (Phi) is 4.19. The molecule has 1 N–H and O–H groups in total. The number of fused-ring (bicyclic) bond motifs is 1. The molecule has 0 bridgehead atoms. The van der Waals surface area contributed by atoms with Crippen LogP contribution in [-0.4, -0.2) is 10.8 Å². The van der Waals surface area contributed by atoms with E-state index in [2.05, 4.69) is 4.98 Å². The maximum atomic E-state index is 13.2. The first-order chi connectivity index (χ1) is 10.5. The summed E-state index contributed by atoms with van der Waals surface area (Å²) in [6.45, 7) is 0. The number of benzene rings is 2. The Bertz CT molecular complexity index is 857. The molecule has 0 fully saturated rings. The summed E-state index contributed by atoms with van der Waals surface area (Å²) in [5, 5.41) is 1.67. The number of aromatic amines is 1. The number of hydrogen-bond acceptors (Lipinski definition) is 1. The SMILES string of the molecule is O=C(CCc1ccc(Cl)c(Cl)c1)c1cc2cc(F)ccc2[nH]1. The van der Waals surface area contributed by atoms with Crippen molar-refractivity contribution < 1.29 is 9.18 Å². The van der Waals surface area contributed by atoms with Crippen molar-refractivity contribution in [2.24, 2.45) is 0 Å². The molecule has 0 spiro atoms. The third-order valence-electron chi connectivity index (χ3n) is 3.51. The molecule has 112 valence electrons. The number of rotatable bonds is 4. The minimum atomic E-state index is -0.318. The summed E-state index contributed by atoms with van der Waals surface area (Å²) in [5.74, 6) is -0.344. The van der Waals surface area contributed by atoms with Crippen molar-refractivity contribution in [3.05, 3.63) is 69.6 Å². The Balaban J connectivity index is 1.74. The van der Waals surface area contributed by atoms with Gasteiger partial charge < -0.3 is 4.98 Å². The summed E-state index contributed by atoms with van der Waals surface area (Å²) in [4.78, 5) is 15.3. The molecular weight excluding hydrogens is 324 g/mol. The third kappa shape index (κ3) is 3.16. The van der Waals surface area contributed by atoms with Gasteiger partial charge in [-0.3, -0.25) is 4.79 Å². The first kappa shape index (κ1) is 15.1. The van der Waals surface area contributed by atoms with Crippen LogP contribution in [0.1, 0.15) is 22.5 Å². The zero-order valence-corrected chi connectivity index (χ0v) is 13.0. The number of aryl methyl sites for hydroxylation is 1. The van der Waals surface area contributed by atoms with Crippen LogP contribution in [0.15, 0.2) is 42.5 Å². The van der Waals surface area contributed by atoms with Gasteiger partial charge in [0.1, 0.15) is 5.82 Å². The highest BCUT2D eigenvalue weighted by Crippen LogP contribution is 2.24. The second-order valence-electron chi connectivity index (χ2n) is 5.09. The normalized spacial score (nSPS) is 11.0. The van der Waals surface area contributed by atoms with E-state index in [1.165, 1.54) is 12.1 Å². The molecule has 0 atom stereocenters. The molecule has 1 heterocycles. The van der Waals surface area contributed by atoms with E-state index < -0.39 is 0 Å². The van der Waals surface area contributed by atoms with Crippen LogP contribution in [0.5, 0.6) is 0 Å². The molecular formula is C17H12Cl2FNO. The summed E-state index contributed by atoms with van der Waals surface area (Å²) >= 11 is 11.8. The van der Waals surface area contributed by atoms with E-state index >= 15 is 0 Å². The predicted molar refractivity (Wildman–Crippen MR) is 87.4 cm³/mol. The monoisotopic (exact) mass is 335 g/mol. The Labute approximate surface area is 136 Å². The fraction of sp³-hybridized carbons (Fsp3) is 0.118. The van der Waals surface area contributed by atoms with Gasteiger partial charge in [-0.25, -0.2) is 4.39 Å². The standard InChI is InChI=1S/C17H12Cl2FNO/c18-13-4-1-10(7-14(13)19)2-6-17(22)16-9-11-8-12(20)3-5-15(11)21-16/h1,3-5,7-9,21H,2,6H2. The molecule has 0 aliphatic heterocycles. The van der Waals surface area contributed by atoms with Gasteiger partial charge in [0, 0.05) is 17.3 Å². The van der Waals surface area contributed by atoms with E-state index in [0.717, 1.165) is 11.1 Å². The minimum Gasteiger partial charge on any atom is -0.352 e. The van der Waals surface area contributed by atoms with Gasteiger partial charge in [0.25, 0.3) is 0 Å². The molecule has 0 aliphatic rings. The van der Waals surface area contributed by atoms with Crippen LogP contribution in [0.2, 0.25) is 10.0 Å². The van der Waals surface area contributed by atoms with E-state index in [0.29, 0.717) is 34.0 Å². The van der Waals surface area contributed by atoms with Gasteiger partial charge in [-0.15, -0.1) is 0 Å². The maximum Gasteiger partial charge on any atom is 0.179 e. The van der Waals surface area contributed by atoms with Crippen LogP contribution in [0, 0.1) is 5.82 Å². The topological polar surface area (TPSA) is 32.9 Å². The number of ketones is 1. The molecule has 0 radical (unpaired) electrons. The zero-order valence-electron chi connectivity index (χ0n) is 11.5. The fourth-order valence-corrected chi connectivity index (χ4v) is 2.66. The van der Waals surface area contributed by atoms with Gasteiger partial charge >= 0.3 is 0 Å². The predicted octanol–water partition coefficient (Wildman–Crippen LogP) is 5.43. The number of carbonyl (C=O) groups is 1. The van der Waals surface area contributed by atoms with Crippen LogP contribution < -0.4 is 0 Å². The van der Waals surface area contributed by atoms with Gasteiger partial charge in [-0.05, 0) is 48.4 Å². The van der Waals surface area contributed by atoms with Crippen molar-refractivity contribution in [3.8, 4) is 0 Å². The number of nitrogens with one attached hydrogen (secondary N) is 1. The number of hydrogen-bond donors (Lipinski definition) is 1. The zero-order chi connectivity index (χ0) is 15.7. The lowest BCUT2D eigenvalue weighted by Gasteiger charge is -2.02. The molecule has 1 aromatic heterocycles. The summed E-state index contributed by atoms with van der Waals surface area (Å²) < 4.78 is 13.2. The molecule has 3 aromatic rings. The first-order valence-electron chi connectivity index (χ1n) is 6.78. The van der Waals surface area contributed by atoms with E-state index in [-0.39, 0.29) is 11.6 Å². The Hall–Kier alpha value is -1.84. The van der Waals surface area contributed by atoms with E-state index in [4.69, 9.17) is 23.2 Å². The number of halogens is 3. The largest absolute Gasteiger partial charge is 0.352 e. The van der Waals surface area contributed by atoms with Gasteiger partial charge in [-0.1, -0.05) is 29.3 Å². The summed E-state index contributed by atoms with van der Waals surface area (Å²) in [5.41, 5.74) is 2.19. The lowest BCUT2D eigenvalue weighted by Crippen LogP contribution is -2.01. The smallest absolute Gasteiger partial charge is 0.179 e. The summed E-state index contributed by atoms with van der Waals surface area (Å²) in [7, 11) is 0. The van der Waals surface area contributed by atoms with Crippen molar-refractivity contribution in [3.63, 3.8) is 0 Å². The summed E-state index contributed by atoms with van der Waals surface area (Å²) in [6.07, 6.45) is 0.909. The fourth-order valence-electron chi connectivity index (χ4n) is 2.34. The van der Waals surface area contributed by atoms with Gasteiger partial charge in [0.2, 0.25) is 0 Å². The van der Waals surface area contributed by atoms with Crippen LogP contribution in [0.3, 0.4) is 0 Å². The Morgan fingerprint density at radius 3 is 2.64 bits per heavy atom. The number of Topliss-reactive ketones (excluding diaryl/α,β-unsaturated/α-hetero) is 1. The lowest BCUT2D eigenvalue weighted by atomic mass is 10.1. The van der Waals surface area contributed by atoms with E-state index in [9.17, 15) is 9.18 Å². The highest BCUT2D eigenvalue weighted by atomic mass is 35.5. The van der Waals surface area contributed by atoms with Crippen molar-refractivity contribution in [2.45, 2.75) is 12.8 Å². The Morgan fingerprint density at radius 1 is 1.05 bits per heavy atom. The van der Waals surface area contributed by atoms with Crippen molar-refractivity contribution >= 4 is 39.9 Å². The van der Waals surface area contributed by atoms with Crippen molar-refractivity contribution in [2.75, 3.05) is 0 Å². The first-order valence-corrected chi connectivity index (χ1v) is 7.54. The maximum absolute atomic E-state index is 13.2. The summed E-state index contributed by atoms with van der Waals surface area (Å²) in [6, 6.07) is 11.4. The Morgan fingerprint density at radius 2 is 1.86 bits per heavy atom. The minimum absolute atomic E-state index is 0.0253. The number of carbonyl (C=O) groups excluding carboxylic acids is 1. The van der Waals surface area contributed by atoms with E-state index in [1.54, 1.807) is 24.3 Å². The van der Waals surface area contributed by atoms with E-state index in [1.807, 2.05) is 6.07 Å². The molecule has 0 unspecified atom stereocenters. The second-order valence-corrected chi connectivity index (χ2v) is 5.90. The third-order valence-corrected chi connectivity index (χ3v) is 4.25. The van der Waals surface area contributed by atoms with Gasteiger partial charge in [0.05, 0.1) is 15.7 Å². The average Bonchev–Trinajstić information content (AvgIpc) is 2.91. The van der Waals surface area contributed by atoms with Crippen LogP contribution in [-0.2, 0) is 6.42 Å². The molecule has 2 nitrogen and oxygen atoms in total. The molecule has 0 saturated heterocycles. The molecule has 0 amide bonds. The molecule has 2 aromatic carbocycles. The average molecular weight is 336 g/mol. The molecule has 5 heteroatoms. The van der Waals surface area contributed by atoms with Gasteiger partial charge in [-0.2, -0.15) is 0 Å². The quantitative estimate of drug-likeness (QED) is 0.633. The highest BCUT2D eigenvalue weighted by Gasteiger charge is 2.11. The number of H-pyrrole nitrogens is 1. The lowest BCUT2D eigenvalue weighted by molar-refractivity contribution is 0.0979. The molecule has 0 aliphatic carbocycles. The van der Waals surface area contributed by atoms with Crippen LogP contribution in [0.4, 0.5) is 4.39 Å². The van der Waals surface area contributed by atoms with Gasteiger partial charge in [0.15, 0.2) is 5.78 Å².